The molecule has 0 heterocycles. The summed E-state index contributed by atoms with van der Waals surface area (Å²) in [5.74, 6) is 0. The number of hydrogen-bond acceptors (Lipinski definition) is 1. The summed E-state index contributed by atoms with van der Waals surface area (Å²) in [6.07, 6.45) is -10.5. The highest BCUT2D eigenvalue weighted by molar-refractivity contribution is 9.09. The Kier molecular flexibility index (Phi) is 4.89. The number of alkyl halides is 7. The fourth-order valence-electron chi connectivity index (χ4n) is 3.42. The van der Waals surface area contributed by atoms with Crippen molar-refractivity contribution < 1.29 is 31.1 Å². The van der Waals surface area contributed by atoms with Gasteiger partial charge in [0, 0.05) is 10.2 Å². The summed E-state index contributed by atoms with van der Waals surface area (Å²) in [7, 11) is 0. The molecule has 2 atom stereocenters. The fourth-order valence-corrected chi connectivity index (χ4v) is 4.51. The maximum atomic E-state index is 12.6. The maximum Gasteiger partial charge on any atom is 0.423 e. The van der Waals surface area contributed by atoms with Crippen molar-refractivity contribution in [1.82, 2.24) is 0 Å². The van der Waals surface area contributed by atoms with Crippen molar-refractivity contribution >= 4 is 15.9 Å². The van der Waals surface area contributed by atoms with E-state index in [1.807, 2.05) is 0 Å². The van der Waals surface area contributed by atoms with E-state index < -0.39 is 30.0 Å². The molecule has 124 valence electrons. The molecule has 0 bridgehead atoms. The van der Waals surface area contributed by atoms with E-state index in [9.17, 15) is 26.3 Å². The lowest BCUT2D eigenvalue weighted by molar-refractivity contribution is -0.346. The van der Waals surface area contributed by atoms with Gasteiger partial charge in [0.15, 0.2) is 0 Å². The summed E-state index contributed by atoms with van der Waals surface area (Å²) in [6.45, 7) is 0. The van der Waals surface area contributed by atoms with E-state index in [2.05, 4.69) is 20.7 Å². The van der Waals surface area contributed by atoms with Gasteiger partial charge in [-0.2, -0.15) is 26.3 Å². The summed E-state index contributed by atoms with van der Waals surface area (Å²) in [5.41, 5.74) is -0.578. The highest BCUT2D eigenvalue weighted by Crippen LogP contribution is 2.57. The largest absolute Gasteiger partial charge is 0.423 e. The van der Waals surface area contributed by atoms with Crippen LogP contribution in [0.1, 0.15) is 44.9 Å². The molecule has 2 unspecified atom stereocenters. The molecule has 2 fully saturated rings. The fraction of sp³-hybridized carbons (Fsp3) is 1.00. The van der Waals surface area contributed by atoms with Crippen molar-refractivity contribution in [2.24, 2.45) is 5.41 Å². The van der Waals surface area contributed by atoms with Crippen molar-refractivity contribution in [3.8, 4) is 0 Å². The van der Waals surface area contributed by atoms with E-state index in [0.29, 0.717) is 12.8 Å². The van der Waals surface area contributed by atoms with Crippen LogP contribution in [0.15, 0.2) is 0 Å². The van der Waals surface area contributed by atoms with E-state index in [1.165, 1.54) is 0 Å². The SMILES string of the molecule is FC(F)(F)C(OC1CC(Br)C12CCCCCC2)C(F)(F)F. The van der Waals surface area contributed by atoms with Gasteiger partial charge in [-0.25, -0.2) is 0 Å². The molecule has 0 aromatic heterocycles. The maximum absolute atomic E-state index is 12.6. The Morgan fingerprint density at radius 1 is 0.905 bits per heavy atom. The molecule has 0 saturated heterocycles. The molecule has 1 nitrogen and oxygen atoms in total. The van der Waals surface area contributed by atoms with Crippen molar-refractivity contribution in [2.75, 3.05) is 0 Å². The van der Waals surface area contributed by atoms with Crippen LogP contribution in [0.4, 0.5) is 26.3 Å². The quantitative estimate of drug-likeness (QED) is 0.460. The van der Waals surface area contributed by atoms with E-state index in [4.69, 9.17) is 0 Å². The van der Waals surface area contributed by atoms with E-state index in [-0.39, 0.29) is 11.2 Å². The van der Waals surface area contributed by atoms with Crippen LogP contribution in [-0.2, 0) is 4.74 Å². The van der Waals surface area contributed by atoms with E-state index in [1.54, 1.807) is 0 Å². The normalized spacial score (nSPS) is 30.3. The van der Waals surface area contributed by atoms with Crippen molar-refractivity contribution in [2.45, 2.75) is 74.3 Å². The average Bonchev–Trinajstić information content (AvgIpc) is 2.58. The Hall–Kier alpha value is 0.0200. The average molecular weight is 383 g/mol. The second kappa shape index (κ2) is 5.91. The Morgan fingerprint density at radius 2 is 1.38 bits per heavy atom. The van der Waals surface area contributed by atoms with Crippen molar-refractivity contribution in [3.05, 3.63) is 0 Å². The van der Waals surface area contributed by atoms with Crippen molar-refractivity contribution in [1.29, 1.82) is 0 Å². The first-order chi connectivity index (χ1) is 9.57. The Bertz CT molecular complexity index is 345. The highest BCUT2D eigenvalue weighted by atomic mass is 79.9. The predicted molar refractivity (Wildman–Crippen MR) is 68.2 cm³/mol. The van der Waals surface area contributed by atoms with Crippen LogP contribution in [0.25, 0.3) is 0 Å². The molecule has 2 aliphatic carbocycles. The monoisotopic (exact) mass is 382 g/mol. The van der Waals surface area contributed by atoms with Gasteiger partial charge in [0.05, 0.1) is 6.10 Å². The van der Waals surface area contributed by atoms with Crippen LogP contribution in [0.5, 0.6) is 0 Å². The lowest BCUT2D eigenvalue weighted by Gasteiger charge is -2.54. The Morgan fingerprint density at radius 3 is 1.76 bits per heavy atom. The molecule has 0 radical (unpaired) electrons. The van der Waals surface area contributed by atoms with Crippen LogP contribution in [0.2, 0.25) is 0 Å². The zero-order chi connectivity index (χ0) is 15.9. The molecule has 1 spiro atoms. The molecular weight excluding hydrogens is 366 g/mol. The Balaban J connectivity index is 2.13. The van der Waals surface area contributed by atoms with Crippen LogP contribution in [0, 0.1) is 5.41 Å². The second-order valence-electron chi connectivity index (χ2n) is 5.94. The molecule has 0 amide bonds. The summed E-state index contributed by atoms with van der Waals surface area (Å²) in [6, 6.07) is 0. The van der Waals surface area contributed by atoms with Gasteiger partial charge >= 0.3 is 12.4 Å². The van der Waals surface area contributed by atoms with Crippen LogP contribution in [-0.4, -0.2) is 29.4 Å². The lowest BCUT2D eigenvalue weighted by atomic mass is 9.61. The third-order valence-electron chi connectivity index (χ3n) is 4.62. The summed E-state index contributed by atoms with van der Waals surface area (Å²) >= 11 is 3.40. The number of rotatable bonds is 2. The molecule has 0 aromatic carbocycles. The molecule has 21 heavy (non-hydrogen) atoms. The molecule has 8 heteroatoms. The van der Waals surface area contributed by atoms with Gasteiger partial charge in [-0.05, 0) is 19.3 Å². The first kappa shape index (κ1) is 17.4. The highest BCUT2D eigenvalue weighted by Gasteiger charge is 2.63. The predicted octanol–water partition coefficient (Wildman–Crippen LogP) is 5.37. The summed E-state index contributed by atoms with van der Waals surface area (Å²) in [4.78, 5) is -0.0600. The minimum atomic E-state index is -5.43. The summed E-state index contributed by atoms with van der Waals surface area (Å²) in [5, 5.41) is 0. The minimum absolute atomic E-state index is 0.0600. The molecule has 0 aliphatic heterocycles. The first-order valence-corrected chi connectivity index (χ1v) is 7.92. The van der Waals surface area contributed by atoms with E-state index >= 15 is 0 Å². The molecule has 0 N–H and O–H groups in total. The zero-order valence-electron chi connectivity index (χ0n) is 11.2. The zero-order valence-corrected chi connectivity index (χ0v) is 12.8. The van der Waals surface area contributed by atoms with E-state index in [0.717, 1.165) is 25.7 Å². The van der Waals surface area contributed by atoms with Gasteiger partial charge in [-0.1, -0.05) is 41.6 Å². The topological polar surface area (TPSA) is 9.23 Å². The smallest absolute Gasteiger partial charge is 0.357 e. The van der Waals surface area contributed by atoms with Crippen molar-refractivity contribution in [3.63, 3.8) is 0 Å². The number of ether oxygens (including phenoxy) is 1. The van der Waals surface area contributed by atoms with Crippen LogP contribution in [0.3, 0.4) is 0 Å². The molecule has 0 aromatic rings. The molecule has 2 aliphatic rings. The summed E-state index contributed by atoms with van der Waals surface area (Å²) < 4.78 is 80.2. The third-order valence-corrected chi connectivity index (χ3v) is 5.90. The lowest BCUT2D eigenvalue weighted by Crippen LogP contribution is -2.59. The molecular formula is C13H17BrF6O. The van der Waals surface area contributed by atoms with Gasteiger partial charge in [-0.3, -0.25) is 0 Å². The van der Waals surface area contributed by atoms with Gasteiger partial charge < -0.3 is 4.74 Å². The molecule has 2 rings (SSSR count). The minimum Gasteiger partial charge on any atom is -0.357 e. The number of hydrogen-bond donors (Lipinski definition) is 0. The molecule has 2 saturated carbocycles. The van der Waals surface area contributed by atoms with Gasteiger partial charge in [0.25, 0.3) is 0 Å². The van der Waals surface area contributed by atoms with Gasteiger partial charge in [0.1, 0.15) is 0 Å². The third kappa shape index (κ3) is 3.51. The Labute approximate surface area is 127 Å². The second-order valence-corrected chi connectivity index (χ2v) is 7.04. The van der Waals surface area contributed by atoms with Gasteiger partial charge in [-0.15, -0.1) is 0 Å². The van der Waals surface area contributed by atoms with Crippen LogP contribution >= 0.6 is 15.9 Å². The standard InChI is InChI=1S/C13H17BrF6O/c14-8-7-9(11(8)5-3-1-2-4-6-11)21-10(12(15,16)17)13(18,19)20/h8-10H,1-7H2. The van der Waals surface area contributed by atoms with Crippen LogP contribution < -0.4 is 0 Å². The van der Waals surface area contributed by atoms with Gasteiger partial charge in [0.2, 0.25) is 6.10 Å². The number of halogens is 7. The first-order valence-electron chi connectivity index (χ1n) is 7.00.